The van der Waals surface area contributed by atoms with Gasteiger partial charge in [0.25, 0.3) is 0 Å². The summed E-state index contributed by atoms with van der Waals surface area (Å²) in [6.45, 7) is 0. The highest BCUT2D eigenvalue weighted by molar-refractivity contribution is 5.75. The number of hydrogen-bond donors (Lipinski definition) is 0. The van der Waals surface area contributed by atoms with Gasteiger partial charge in [0, 0.05) is 24.8 Å². The number of halogens is 3. The number of nitrogens with zero attached hydrogens (tertiary/aromatic N) is 2. The Morgan fingerprint density at radius 3 is 1.89 bits per heavy atom. The van der Waals surface area contributed by atoms with Crippen LogP contribution in [0.5, 0.6) is 0 Å². The van der Waals surface area contributed by atoms with Gasteiger partial charge in [0.05, 0.1) is 0 Å². The second kappa shape index (κ2) is 6.43. The quantitative estimate of drug-likeness (QED) is 0.786. The molecule has 0 aromatic carbocycles. The highest BCUT2D eigenvalue weighted by atomic mass is 19.4. The van der Waals surface area contributed by atoms with Crippen molar-refractivity contribution in [1.29, 1.82) is 0 Å². The number of alkyl halides is 3. The van der Waals surface area contributed by atoms with Crippen molar-refractivity contribution in [1.82, 2.24) is 9.71 Å². The third kappa shape index (κ3) is 5.15. The minimum Gasteiger partial charge on any atom is -0.328 e. The van der Waals surface area contributed by atoms with Gasteiger partial charge in [0.15, 0.2) is 0 Å². The summed E-state index contributed by atoms with van der Waals surface area (Å²) >= 11 is 0. The lowest BCUT2D eigenvalue weighted by atomic mass is 10.5. The Labute approximate surface area is 101 Å². The molecule has 0 aliphatic carbocycles. The summed E-state index contributed by atoms with van der Waals surface area (Å²) in [5.41, 5.74) is 0. The van der Waals surface area contributed by atoms with Gasteiger partial charge in [-0.2, -0.15) is 17.9 Å². The molecule has 0 saturated carbocycles. The van der Waals surface area contributed by atoms with Crippen LogP contribution in [0.1, 0.15) is 0 Å². The molecule has 7 heteroatoms. The second-order valence-electron chi connectivity index (χ2n) is 2.94. The Morgan fingerprint density at radius 2 is 1.56 bits per heavy atom. The van der Waals surface area contributed by atoms with Crippen LogP contribution in [-0.2, 0) is 4.79 Å². The van der Waals surface area contributed by atoms with Gasteiger partial charge in [0.1, 0.15) is 0 Å². The van der Waals surface area contributed by atoms with Crippen molar-refractivity contribution in [3.8, 4) is 0 Å². The molecule has 2 aromatic rings. The fourth-order valence-corrected chi connectivity index (χ4v) is 0.840. The van der Waals surface area contributed by atoms with E-state index in [1.165, 1.54) is 24.5 Å². The first-order valence-electron chi connectivity index (χ1n) is 4.77. The molecule has 0 spiro atoms. The standard InChI is InChI=1S/C6H4F3NO2.C5H5N/c7-6(8,9)5(11)12-10-3-1-2-4-10;1-2-4-6-5-3-1/h1-4H;1-5H. The van der Waals surface area contributed by atoms with Gasteiger partial charge in [-0.1, -0.05) is 6.07 Å². The van der Waals surface area contributed by atoms with E-state index in [4.69, 9.17) is 0 Å². The average molecular weight is 258 g/mol. The van der Waals surface area contributed by atoms with Crippen molar-refractivity contribution in [2.75, 3.05) is 0 Å². The molecule has 0 fully saturated rings. The zero-order valence-electron chi connectivity index (χ0n) is 9.04. The van der Waals surface area contributed by atoms with Gasteiger partial charge >= 0.3 is 12.1 Å². The molecule has 0 bridgehead atoms. The van der Waals surface area contributed by atoms with Crippen LogP contribution in [0.15, 0.2) is 55.1 Å². The normalized spacial score (nSPS) is 10.2. The number of carbonyl (C=O) groups excluding carboxylic acids is 1. The topological polar surface area (TPSA) is 44.1 Å². The molecule has 4 nitrogen and oxygen atoms in total. The monoisotopic (exact) mass is 258 g/mol. The lowest BCUT2D eigenvalue weighted by Crippen LogP contribution is -2.32. The predicted molar refractivity (Wildman–Crippen MR) is 56.3 cm³/mol. The Hall–Kier alpha value is -2.31. The molecule has 0 N–H and O–H groups in total. The molecule has 96 valence electrons. The zero-order valence-corrected chi connectivity index (χ0v) is 9.04. The van der Waals surface area contributed by atoms with E-state index < -0.39 is 12.1 Å². The maximum atomic E-state index is 11.6. The lowest BCUT2D eigenvalue weighted by Gasteiger charge is -2.05. The summed E-state index contributed by atoms with van der Waals surface area (Å²) in [5.74, 6) is -2.24. The van der Waals surface area contributed by atoms with Crippen molar-refractivity contribution in [2.24, 2.45) is 0 Å². The van der Waals surface area contributed by atoms with Crippen LogP contribution in [0.4, 0.5) is 13.2 Å². The van der Waals surface area contributed by atoms with E-state index in [-0.39, 0.29) is 0 Å². The van der Waals surface area contributed by atoms with Crippen LogP contribution in [0.25, 0.3) is 0 Å². The summed E-state index contributed by atoms with van der Waals surface area (Å²) in [5, 5.41) is 0. The minimum atomic E-state index is -4.95. The van der Waals surface area contributed by atoms with Crippen molar-refractivity contribution >= 4 is 5.97 Å². The molecule has 0 unspecified atom stereocenters. The van der Waals surface area contributed by atoms with Crippen LogP contribution in [0.3, 0.4) is 0 Å². The van der Waals surface area contributed by atoms with Crippen LogP contribution in [-0.4, -0.2) is 21.9 Å². The average Bonchev–Trinajstić information content (AvgIpc) is 2.84. The van der Waals surface area contributed by atoms with E-state index >= 15 is 0 Å². The zero-order chi connectivity index (χ0) is 13.4. The lowest BCUT2D eigenvalue weighted by molar-refractivity contribution is -0.199. The molecule has 2 rings (SSSR count). The summed E-state index contributed by atoms with van der Waals surface area (Å²) in [6, 6.07) is 8.58. The summed E-state index contributed by atoms with van der Waals surface area (Å²) < 4.78 is 35.3. The molecular weight excluding hydrogens is 249 g/mol. The first-order chi connectivity index (χ1) is 8.50. The maximum Gasteiger partial charge on any atom is 0.493 e. The van der Waals surface area contributed by atoms with E-state index in [1.807, 2.05) is 18.2 Å². The first kappa shape index (κ1) is 13.8. The Morgan fingerprint density at radius 1 is 1.00 bits per heavy atom. The highest BCUT2D eigenvalue weighted by Crippen LogP contribution is 2.14. The van der Waals surface area contributed by atoms with E-state index in [9.17, 15) is 18.0 Å². The molecule has 18 heavy (non-hydrogen) atoms. The van der Waals surface area contributed by atoms with Gasteiger partial charge in [-0.3, -0.25) is 4.98 Å². The van der Waals surface area contributed by atoms with Crippen molar-refractivity contribution < 1.29 is 22.8 Å². The summed E-state index contributed by atoms with van der Waals surface area (Å²) in [7, 11) is 0. The van der Waals surface area contributed by atoms with Crippen LogP contribution in [0, 0.1) is 0 Å². The molecule has 0 amide bonds. The highest BCUT2D eigenvalue weighted by Gasteiger charge is 2.41. The smallest absolute Gasteiger partial charge is 0.328 e. The van der Waals surface area contributed by atoms with Crippen LogP contribution < -0.4 is 4.84 Å². The third-order valence-corrected chi connectivity index (χ3v) is 1.56. The number of carbonyl (C=O) groups is 1. The molecule has 0 aliphatic rings. The van der Waals surface area contributed by atoms with Crippen molar-refractivity contribution in [2.45, 2.75) is 6.18 Å². The largest absolute Gasteiger partial charge is 0.493 e. The molecule has 0 atom stereocenters. The van der Waals surface area contributed by atoms with Crippen LogP contribution >= 0.6 is 0 Å². The molecule has 2 heterocycles. The van der Waals surface area contributed by atoms with E-state index in [1.54, 1.807) is 12.4 Å². The molecular formula is C11H9F3N2O2. The van der Waals surface area contributed by atoms with Gasteiger partial charge in [-0.15, -0.1) is 0 Å². The number of rotatable bonds is 1. The van der Waals surface area contributed by atoms with E-state index in [2.05, 4.69) is 9.82 Å². The molecule has 0 aliphatic heterocycles. The van der Waals surface area contributed by atoms with Gasteiger partial charge < -0.3 is 4.84 Å². The van der Waals surface area contributed by atoms with Gasteiger partial charge in [-0.05, 0) is 24.3 Å². The predicted octanol–water partition coefficient (Wildman–Crippen LogP) is 2.09. The SMILES string of the molecule is O=C(On1cccc1)C(F)(F)F.c1ccncc1. The maximum absolute atomic E-state index is 11.6. The Balaban J connectivity index is 0.000000225. The molecule has 0 radical (unpaired) electrons. The second-order valence-corrected chi connectivity index (χ2v) is 2.94. The third-order valence-electron chi connectivity index (χ3n) is 1.56. The van der Waals surface area contributed by atoms with E-state index in [0.717, 1.165) is 0 Å². The van der Waals surface area contributed by atoms with Crippen molar-refractivity contribution in [3.63, 3.8) is 0 Å². The molecule has 0 saturated heterocycles. The number of aromatic nitrogens is 2. The van der Waals surface area contributed by atoms with Gasteiger partial charge in [0.2, 0.25) is 0 Å². The summed E-state index contributed by atoms with van der Waals surface area (Å²) in [4.78, 5) is 17.8. The Kier molecular flexibility index (Phi) is 4.91. The van der Waals surface area contributed by atoms with Gasteiger partial charge in [-0.25, -0.2) is 4.79 Å². The fourth-order valence-electron chi connectivity index (χ4n) is 0.840. The molecule has 2 aromatic heterocycles. The van der Waals surface area contributed by atoms with Crippen LogP contribution in [0.2, 0.25) is 0 Å². The van der Waals surface area contributed by atoms with Crippen molar-refractivity contribution in [3.05, 3.63) is 55.1 Å². The Bertz CT molecular complexity index is 428. The first-order valence-corrected chi connectivity index (χ1v) is 4.77. The van der Waals surface area contributed by atoms with E-state index in [0.29, 0.717) is 4.73 Å². The minimum absolute atomic E-state index is 0.676. The number of pyridine rings is 1. The fraction of sp³-hybridized carbons (Fsp3) is 0.0909. The number of hydrogen-bond acceptors (Lipinski definition) is 3. The summed E-state index contributed by atoms with van der Waals surface area (Å²) in [6.07, 6.45) is 0.914.